The van der Waals surface area contributed by atoms with E-state index in [-0.39, 0.29) is 39.6 Å². The Hall–Kier alpha value is -2.35. The van der Waals surface area contributed by atoms with Crippen molar-refractivity contribution in [1.29, 1.82) is 0 Å². The Kier molecular flexibility index (Phi) is 17.7. The Morgan fingerprint density at radius 3 is 1.42 bits per heavy atom. The fourth-order valence-electron chi connectivity index (χ4n) is 4.34. The smallest absolute Gasteiger partial charge is 0.373 e. The van der Waals surface area contributed by atoms with E-state index in [0.717, 1.165) is 22.3 Å². The standard InChI is InChI=1S/C38H49O9P3/c1-38(2,25-26-41-48(3)4)40-31-37(47-49(42-27-33-17-9-5-10-18-33)43-28-34-19-11-6-12-20-34)32-46-50(39,44-29-35-21-13-7-14-22-35)45-30-36-23-15-8-16-24-36/h5-24,37H,25-32H2,1-4H3. The number of rotatable bonds is 24. The number of benzene rings is 4. The SMILES string of the molecule is CP(C)OCCC(C)(C)OCC(COP(=O)(OCc1ccccc1)OCc1ccccc1)OP(OCc1ccccc1)OCc1ccccc1. The Morgan fingerprint density at radius 1 is 0.580 bits per heavy atom. The largest absolute Gasteiger partial charge is 0.475 e. The van der Waals surface area contributed by atoms with Crippen molar-refractivity contribution in [2.45, 2.75) is 58.4 Å². The van der Waals surface area contributed by atoms with Crippen LogP contribution >= 0.6 is 24.6 Å². The lowest BCUT2D eigenvalue weighted by Gasteiger charge is -2.30. The Labute approximate surface area is 300 Å². The molecular formula is C38H49O9P3. The van der Waals surface area contributed by atoms with Crippen molar-refractivity contribution in [1.82, 2.24) is 0 Å². The van der Waals surface area contributed by atoms with Crippen molar-refractivity contribution in [3.63, 3.8) is 0 Å². The molecule has 4 aromatic carbocycles. The lowest BCUT2D eigenvalue weighted by molar-refractivity contribution is -0.0758. The first-order valence-corrected chi connectivity index (χ1v) is 21.3. The van der Waals surface area contributed by atoms with E-state index < -0.39 is 36.3 Å². The summed E-state index contributed by atoms with van der Waals surface area (Å²) >= 11 is 0. The first kappa shape index (κ1) is 40.4. The zero-order valence-corrected chi connectivity index (χ0v) is 32.0. The molecule has 0 heterocycles. The molecular weight excluding hydrogens is 693 g/mol. The van der Waals surface area contributed by atoms with Crippen molar-refractivity contribution in [3.05, 3.63) is 144 Å². The molecule has 0 N–H and O–H groups in total. The Balaban J connectivity index is 1.50. The third-order valence-corrected chi connectivity index (χ3v) is 10.4. The summed E-state index contributed by atoms with van der Waals surface area (Å²) in [4.78, 5) is 0. The van der Waals surface area contributed by atoms with Crippen LogP contribution in [0, 0.1) is 0 Å². The van der Waals surface area contributed by atoms with Gasteiger partial charge in [-0.3, -0.25) is 13.6 Å². The number of hydrogen-bond acceptors (Lipinski definition) is 9. The normalized spacial score (nSPS) is 12.8. The Morgan fingerprint density at radius 2 is 1.00 bits per heavy atom. The maximum atomic E-state index is 14.1. The zero-order valence-electron chi connectivity index (χ0n) is 29.3. The van der Waals surface area contributed by atoms with Gasteiger partial charge >= 0.3 is 16.4 Å². The van der Waals surface area contributed by atoms with Crippen molar-refractivity contribution in [2.75, 3.05) is 33.2 Å². The quantitative estimate of drug-likeness (QED) is 0.0651. The number of ether oxygens (including phenoxy) is 1. The van der Waals surface area contributed by atoms with Gasteiger partial charge in [0.15, 0.2) is 0 Å². The van der Waals surface area contributed by atoms with Gasteiger partial charge in [0.2, 0.25) is 0 Å². The van der Waals surface area contributed by atoms with Crippen LogP contribution in [0.5, 0.6) is 0 Å². The van der Waals surface area contributed by atoms with Gasteiger partial charge < -0.3 is 22.8 Å². The molecule has 0 aliphatic carbocycles. The topological polar surface area (TPSA) is 90.9 Å². The maximum absolute atomic E-state index is 14.1. The lowest BCUT2D eigenvalue weighted by Crippen LogP contribution is -2.33. The van der Waals surface area contributed by atoms with Crippen molar-refractivity contribution in [2.24, 2.45) is 0 Å². The van der Waals surface area contributed by atoms with E-state index in [4.69, 9.17) is 36.4 Å². The second kappa shape index (κ2) is 21.9. The first-order valence-electron chi connectivity index (χ1n) is 16.5. The average molecular weight is 743 g/mol. The summed E-state index contributed by atoms with van der Waals surface area (Å²) in [6.45, 7) is 9.23. The molecule has 0 spiro atoms. The van der Waals surface area contributed by atoms with E-state index in [1.165, 1.54) is 0 Å². The van der Waals surface area contributed by atoms with Gasteiger partial charge in [-0.25, -0.2) is 4.57 Å². The van der Waals surface area contributed by atoms with E-state index in [0.29, 0.717) is 13.0 Å². The molecule has 0 aromatic heterocycles. The summed E-state index contributed by atoms with van der Waals surface area (Å²) in [5, 5.41) is 0. The maximum Gasteiger partial charge on any atom is 0.475 e. The molecule has 50 heavy (non-hydrogen) atoms. The fraction of sp³-hybridized carbons (Fsp3) is 0.368. The third kappa shape index (κ3) is 16.3. The van der Waals surface area contributed by atoms with Gasteiger partial charge in [0.1, 0.15) is 6.10 Å². The van der Waals surface area contributed by atoms with Crippen LogP contribution in [-0.2, 0) is 67.4 Å². The molecule has 0 saturated carbocycles. The van der Waals surface area contributed by atoms with E-state index >= 15 is 0 Å². The first-order chi connectivity index (χ1) is 24.2. The van der Waals surface area contributed by atoms with E-state index in [1.807, 2.05) is 135 Å². The van der Waals surface area contributed by atoms with Gasteiger partial charge in [0.25, 0.3) is 0 Å². The van der Waals surface area contributed by atoms with Crippen LogP contribution in [0.1, 0.15) is 42.5 Å². The Bertz CT molecular complexity index is 1420. The molecule has 0 aliphatic rings. The highest BCUT2D eigenvalue weighted by molar-refractivity contribution is 7.50. The minimum atomic E-state index is -4.09. The van der Waals surface area contributed by atoms with Crippen molar-refractivity contribution in [3.8, 4) is 0 Å². The highest BCUT2D eigenvalue weighted by Gasteiger charge is 2.32. The molecule has 4 aromatic rings. The van der Waals surface area contributed by atoms with Crippen LogP contribution in [0.15, 0.2) is 121 Å². The molecule has 0 aliphatic heterocycles. The summed E-state index contributed by atoms with van der Waals surface area (Å²) in [5.74, 6) is 0. The molecule has 270 valence electrons. The fourth-order valence-corrected chi connectivity index (χ4v) is 7.05. The molecule has 12 heteroatoms. The number of phosphoric ester groups is 1. The van der Waals surface area contributed by atoms with E-state index in [1.54, 1.807) is 0 Å². The number of phosphoric acid groups is 1. The minimum Gasteiger partial charge on any atom is -0.373 e. The van der Waals surface area contributed by atoms with E-state index in [2.05, 4.69) is 13.3 Å². The zero-order chi connectivity index (χ0) is 35.5. The summed E-state index contributed by atoms with van der Waals surface area (Å²) in [6, 6.07) is 38.5. The number of hydrogen-bond donors (Lipinski definition) is 0. The second-order valence-corrected chi connectivity index (χ2v) is 16.9. The van der Waals surface area contributed by atoms with Gasteiger partial charge in [-0.05, 0) is 55.9 Å². The van der Waals surface area contributed by atoms with Crippen molar-refractivity contribution >= 4 is 24.6 Å². The average Bonchev–Trinajstić information content (AvgIpc) is 3.13. The van der Waals surface area contributed by atoms with Gasteiger partial charge in [0.05, 0.1) is 51.8 Å². The molecule has 0 amide bonds. The van der Waals surface area contributed by atoms with Crippen LogP contribution in [0.3, 0.4) is 0 Å². The van der Waals surface area contributed by atoms with E-state index in [9.17, 15) is 4.57 Å². The highest BCUT2D eigenvalue weighted by atomic mass is 31.2. The summed E-state index contributed by atoms with van der Waals surface area (Å²) in [6.07, 6.45) is -0.0831. The van der Waals surface area contributed by atoms with Crippen molar-refractivity contribution < 1.29 is 41.0 Å². The minimum absolute atomic E-state index is 0.0342. The lowest BCUT2D eigenvalue weighted by atomic mass is 10.1. The molecule has 4 rings (SSSR count). The summed E-state index contributed by atoms with van der Waals surface area (Å²) in [5.41, 5.74) is 3.06. The molecule has 1 atom stereocenters. The molecule has 1 unspecified atom stereocenters. The van der Waals surface area contributed by atoms with Gasteiger partial charge in [0, 0.05) is 8.15 Å². The van der Waals surface area contributed by atoms with Gasteiger partial charge in [-0.2, -0.15) is 0 Å². The predicted octanol–water partition coefficient (Wildman–Crippen LogP) is 10.4. The summed E-state index contributed by atoms with van der Waals surface area (Å²) < 4.78 is 63.0. The molecule has 0 bridgehead atoms. The molecule has 0 fully saturated rings. The van der Waals surface area contributed by atoms with Gasteiger partial charge in [-0.1, -0.05) is 121 Å². The molecule has 0 radical (unpaired) electrons. The highest BCUT2D eigenvalue weighted by Crippen LogP contribution is 2.52. The molecule has 9 nitrogen and oxygen atoms in total. The van der Waals surface area contributed by atoms with Crippen LogP contribution in [0.25, 0.3) is 0 Å². The van der Waals surface area contributed by atoms with Crippen LogP contribution in [0.2, 0.25) is 0 Å². The van der Waals surface area contributed by atoms with Crippen LogP contribution < -0.4 is 0 Å². The van der Waals surface area contributed by atoms with Crippen LogP contribution in [0.4, 0.5) is 0 Å². The monoisotopic (exact) mass is 742 g/mol. The van der Waals surface area contributed by atoms with Crippen LogP contribution in [-0.4, -0.2) is 44.9 Å². The van der Waals surface area contributed by atoms with Gasteiger partial charge in [-0.15, -0.1) is 0 Å². The second-order valence-electron chi connectivity index (χ2n) is 12.2. The molecule has 0 saturated heterocycles. The predicted molar refractivity (Wildman–Crippen MR) is 200 cm³/mol. The summed E-state index contributed by atoms with van der Waals surface area (Å²) in [7, 11) is -6.48. The third-order valence-electron chi connectivity index (χ3n) is 7.19.